The molecule has 0 saturated carbocycles. The Balaban J connectivity index is 1.48. The molecule has 0 spiro atoms. The number of para-hydroxylation sites is 1. The number of nitrogens with zero attached hydrogens (tertiary/aromatic N) is 2. The summed E-state index contributed by atoms with van der Waals surface area (Å²) in [6.45, 7) is 8.42. The Morgan fingerprint density at radius 2 is 1.79 bits per heavy atom. The van der Waals surface area contributed by atoms with Crippen molar-refractivity contribution >= 4 is 23.4 Å². The summed E-state index contributed by atoms with van der Waals surface area (Å²) in [6, 6.07) is 13.9. The molecule has 1 amide bonds. The van der Waals surface area contributed by atoms with Crippen molar-refractivity contribution in [3.8, 4) is 5.75 Å². The number of aromatic nitrogens is 2. The Kier molecular flexibility index (Phi) is 6.93. The van der Waals surface area contributed by atoms with Gasteiger partial charge in [-0.15, -0.1) is 10.2 Å². The van der Waals surface area contributed by atoms with Crippen molar-refractivity contribution in [2.45, 2.75) is 45.4 Å². The van der Waals surface area contributed by atoms with Crippen molar-refractivity contribution in [3.63, 3.8) is 0 Å². The Labute approximate surface area is 175 Å². The first-order valence-electron chi connectivity index (χ1n) is 9.46. The summed E-state index contributed by atoms with van der Waals surface area (Å²) < 4.78 is 11.2. The second-order valence-electron chi connectivity index (χ2n) is 7.08. The Hall–Kier alpha value is -2.80. The van der Waals surface area contributed by atoms with E-state index in [1.165, 1.54) is 17.3 Å². The lowest BCUT2D eigenvalue weighted by atomic mass is 10.0. The van der Waals surface area contributed by atoms with Crippen LogP contribution in [0.15, 0.2) is 52.1 Å². The number of aryl methyl sites for hydroxylation is 2. The molecule has 0 saturated heterocycles. The number of ether oxygens (including phenoxy) is 1. The van der Waals surface area contributed by atoms with Crippen LogP contribution in [0, 0.1) is 13.8 Å². The molecule has 1 N–H and O–H groups in total. The van der Waals surface area contributed by atoms with Gasteiger partial charge in [-0.1, -0.05) is 55.9 Å². The summed E-state index contributed by atoms with van der Waals surface area (Å²) in [5.74, 6) is 1.66. The molecule has 2 aromatic carbocycles. The average molecular weight is 412 g/mol. The fraction of sp³-hybridized carbons (Fsp3) is 0.318. The minimum absolute atomic E-state index is 0.117. The van der Waals surface area contributed by atoms with E-state index in [0.717, 1.165) is 22.6 Å². The predicted molar refractivity (Wildman–Crippen MR) is 114 cm³/mol. The lowest BCUT2D eigenvalue weighted by Crippen LogP contribution is -2.15. The molecule has 0 unspecified atom stereocenters. The second kappa shape index (κ2) is 9.60. The van der Waals surface area contributed by atoms with Gasteiger partial charge in [0.05, 0.1) is 5.75 Å². The van der Waals surface area contributed by atoms with Crippen LogP contribution in [0.5, 0.6) is 5.75 Å². The first kappa shape index (κ1) is 20.9. The van der Waals surface area contributed by atoms with Crippen molar-refractivity contribution in [2.24, 2.45) is 0 Å². The van der Waals surface area contributed by atoms with E-state index in [1.54, 1.807) is 0 Å². The molecule has 6 nitrogen and oxygen atoms in total. The molecule has 7 heteroatoms. The van der Waals surface area contributed by atoms with E-state index in [2.05, 4.69) is 29.4 Å². The van der Waals surface area contributed by atoms with Crippen LogP contribution in [0.25, 0.3) is 0 Å². The number of thioether (sulfide) groups is 1. The van der Waals surface area contributed by atoms with Gasteiger partial charge in [0.2, 0.25) is 5.91 Å². The molecule has 0 atom stereocenters. The van der Waals surface area contributed by atoms with Crippen LogP contribution in [-0.2, 0) is 11.4 Å². The summed E-state index contributed by atoms with van der Waals surface area (Å²) in [5.41, 5.74) is 4.17. The van der Waals surface area contributed by atoms with E-state index in [1.807, 2.05) is 56.3 Å². The van der Waals surface area contributed by atoms with Gasteiger partial charge in [-0.05, 0) is 48.6 Å². The largest absolute Gasteiger partial charge is 0.484 e. The molecule has 152 valence electrons. The van der Waals surface area contributed by atoms with Crippen LogP contribution in [0.2, 0.25) is 0 Å². The van der Waals surface area contributed by atoms with Gasteiger partial charge in [-0.3, -0.25) is 4.79 Å². The monoisotopic (exact) mass is 411 g/mol. The SMILES string of the molecule is Cc1cccc(C)c1NC(=O)CSc1nnc(COc2ccc(C(C)C)cc2)o1. The summed E-state index contributed by atoms with van der Waals surface area (Å²) in [7, 11) is 0. The minimum atomic E-state index is -0.117. The zero-order valence-corrected chi connectivity index (χ0v) is 17.9. The number of carbonyl (C=O) groups excluding carboxylic acids is 1. The molecule has 29 heavy (non-hydrogen) atoms. The molecular formula is C22H25N3O3S. The minimum Gasteiger partial charge on any atom is -0.484 e. The number of hydrogen-bond donors (Lipinski definition) is 1. The first-order valence-corrected chi connectivity index (χ1v) is 10.4. The summed E-state index contributed by atoms with van der Waals surface area (Å²) in [4.78, 5) is 12.2. The zero-order valence-electron chi connectivity index (χ0n) is 17.1. The van der Waals surface area contributed by atoms with E-state index in [-0.39, 0.29) is 18.3 Å². The molecule has 0 aliphatic rings. The summed E-state index contributed by atoms with van der Waals surface area (Å²) in [6.07, 6.45) is 0. The van der Waals surface area contributed by atoms with Gasteiger partial charge >= 0.3 is 0 Å². The standard InChI is InChI=1S/C22H25N3O3S/c1-14(2)17-8-10-18(11-9-17)27-12-20-24-25-22(28-20)29-13-19(26)23-21-15(3)6-5-7-16(21)4/h5-11,14H,12-13H2,1-4H3,(H,23,26). The highest BCUT2D eigenvalue weighted by Crippen LogP contribution is 2.22. The van der Waals surface area contributed by atoms with Crippen molar-refractivity contribution in [2.75, 3.05) is 11.1 Å². The van der Waals surface area contributed by atoms with Crippen molar-refractivity contribution < 1.29 is 13.9 Å². The number of amides is 1. The number of anilines is 1. The van der Waals surface area contributed by atoms with E-state index in [4.69, 9.17) is 9.15 Å². The normalized spacial score (nSPS) is 10.9. The zero-order chi connectivity index (χ0) is 20.8. The van der Waals surface area contributed by atoms with Crippen LogP contribution in [-0.4, -0.2) is 21.9 Å². The molecular weight excluding hydrogens is 386 g/mol. The molecule has 0 fully saturated rings. The fourth-order valence-electron chi connectivity index (χ4n) is 2.76. The smallest absolute Gasteiger partial charge is 0.277 e. The van der Waals surface area contributed by atoms with Gasteiger partial charge in [-0.2, -0.15) is 0 Å². The molecule has 0 bridgehead atoms. The molecule has 1 heterocycles. The number of benzene rings is 2. The average Bonchev–Trinajstić information content (AvgIpc) is 3.16. The van der Waals surface area contributed by atoms with Gasteiger partial charge in [0.25, 0.3) is 11.1 Å². The maximum absolute atomic E-state index is 12.2. The highest BCUT2D eigenvalue weighted by Gasteiger charge is 2.12. The van der Waals surface area contributed by atoms with Crippen LogP contribution >= 0.6 is 11.8 Å². The van der Waals surface area contributed by atoms with Crippen LogP contribution in [0.4, 0.5) is 5.69 Å². The van der Waals surface area contributed by atoms with Crippen molar-refractivity contribution in [1.29, 1.82) is 0 Å². The van der Waals surface area contributed by atoms with Gasteiger partial charge in [0.1, 0.15) is 5.75 Å². The van der Waals surface area contributed by atoms with E-state index in [9.17, 15) is 4.79 Å². The lowest BCUT2D eigenvalue weighted by molar-refractivity contribution is -0.113. The third-order valence-electron chi connectivity index (χ3n) is 4.43. The number of hydrogen-bond acceptors (Lipinski definition) is 6. The third-order valence-corrected chi connectivity index (χ3v) is 5.25. The first-order chi connectivity index (χ1) is 13.9. The highest BCUT2D eigenvalue weighted by atomic mass is 32.2. The fourth-order valence-corrected chi connectivity index (χ4v) is 3.34. The van der Waals surface area contributed by atoms with Gasteiger partial charge < -0.3 is 14.5 Å². The maximum atomic E-state index is 12.2. The van der Waals surface area contributed by atoms with Crippen LogP contribution in [0.1, 0.15) is 42.3 Å². The summed E-state index contributed by atoms with van der Waals surface area (Å²) in [5, 5.41) is 11.2. The second-order valence-corrected chi connectivity index (χ2v) is 8.00. The Bertz CT molecular complexity index is 947. The third kappa shape index (κ3) is 5.84. The van der Waals surface area contributed by atoms with Gasteiger partial charge in [-0.25, -0.2) is 0 Å². The molecule has 0 aliphatic carbocycles. The molecule has 0 radical (unpaired) electrons. The highest BCUT2D eigenvalue weighted by molar-refractivity contribution is 7.99. The Morgan fingerprint density at radius 3 is 2.45 bits per heavy atom. The van der Waals surface area contributed by atoms with Crippen molar-refractivity contribution in [3.05, 3.63) is 65.0 Å². The molecule has 3 rings (SSSR count). The van der Waals surface area contributed by atoms with Gasteiger partial charge in [0, 0.05) is 5.69 Å². The van der Waals surface area contributed by atoms with E-state index in [0.29, 0.717) is 17.0 Å². The number of nitrogens with one attached hydrogen (secondary N) is 1. The van der Waals surface area contributed by atoms with E-state index >= 15 is 0 Å². The van der Waals surface area contributed by atoms with Gasteiger partial charge in [0.15, 0.2) is 6.61 Å². The molecule has 3 aromatic rings. The quantitative estimate of drug-likeness (QED) is 0.519. The van der Waals surface area contributed by atoms with Crippen LogP contribution < -0.4 is 10.1 Å². The lowest BCUT2D eigenvalue weighted by Gasteiger charge is -2.10. The molecule has 1 aromatic heterocycles. The Morgan fingerprint density at radius 1 is 1.10 bits per heavy atom. The topological polar surface area (TPSA) is 77.2 Å². The summed E-state index contributed by atoms with van der Waals surface area (Å²) >= 11 is 1.20. The number of carbonyl (C=O) groups is 1. The number of rotatable bonds is 8. The maximum Gasteiger partial charge on any atom is 0.277 e. The predicted octanol–water partition coefficient (Wildman–Crippen LogP) is 5.12. The van der Waals surface area contributed by atoms with Crippen molar-refractivity contribution in [1.82, 2.24) is 10.2 Å². The van der Waals surface area contributed by atoms with Crippen LogP contribution in [0.3, 0.4) is 0 Å². The molecule has 0 aliphatic heterocycles. The van der Waals surface area contributed by atoms with E-state index < -0.39 is 0 Å².